The lowest BCUT2D eigenvalue weighted by Crippen LogP contribution is -2.34. The Morgan fingerprint density at radius 2 is 2.13 bits per heavy atom. The summed E-state index contributed by atoms with van der Waals surface area (Å²) in [5, 5.41) is 3.65. The highest BCUT2D eigenvalue weighted by molar-refractivity contribution is 9.10. The highest BCUT2D eigenvalue weighted by atomic mass is 79.9. The van der Waals surface area contributed by atoms with E-state index in [2.05, 4.69) is 55.4 Å². The zero-order valence-electron chi connectivity index (χ0n) is 8.34. The number of benzene rings is 1. The Morgan fingerprint density at radius 1 is 1.27 bits per heavy atom. The molecule has 0 radical (unpaired) electrons. The molecule has 0 amide bonds. The first-order valence-electron chi connectivity index (χ1n) is 5.46. The van der Waals surface area contributed by atoms with Gasteiger partial charge in [0.15, 0.2) is 0 Å². The first kappa shape index (κ1) is 10.2. The summed E-state index contributed by atoms with van der Waals surface area (Å²) in [7, 11) is 0. The van der Waals surface area contributed by atoms with Crippen LogP contribution < -0.4 is 5.32 Å². The second kappa shape index (κ2) is 3.77. The van der Waals surface area contributed by atoms with Crippen molar-refractivity contribution in [3.05, 3.63) is 28.2 Å². The lowest BCUT2D eigenvalue weighted by molar-refractivity contribution is 0.437. The van der Waals surface area contributed by atoms with E-state index in [9.17, 15) is 0 Å². The Kier molecular flexibility index (Phi) is 2.56. The maximum absolute atomic E-state index is 3.80. The molecule has 0 spiro atoms. The lowest BCUT2D eigenvalue weighted by Gasteiger charge is -2.30. The summed E-state index contributed by atoms with van der Waals surface area (Å²) in [6, 6.07) is 7.19. The number of halogens is 2. The van der Waals surface area contributed by atoms with Crippen molar-refractivity contribution in [2.75, 3.05) is 5.32 Å². The number of fused-ring (bicyclic) bond motifs is 3. The molecule has 1 aromatic rings. The molecule has 3 unspecified atom stereocenters. The predicted molar refractivity (Wildman–Crippen MR) is 70.9 cm³/mol. The average Bonchev–Trinajstić information content (AvgIpc) is 2.58. The lowest BCUT2D eigenvalue weighted by atomic mass is 9.83. The molecular weight excluding hydrogens is 318 g/mol. The van der Waals surface area contributed by atoms with Crippen molar-refractivity contribution in [3.63, 3.8) is 0 Å². The molecule has 0 bridgehead atoms. The van der Waals surface area contributed by atoms with Crippen LogP contribution in [0.3, 0.4) is 0 Å². The van der Waals surface area contributed by atoms with E-state index in [0.29, 0.717) is 16.8 Å². The van der Waals surface area contributed by atoms with Gasteiger partial charge in [-0.05, 0) is 36.6 Å². The van der Waals surface area contributed by atoms with Gasteiger partial charge in [-0.1, -0.05) is 38.3 Å². The maximum Gasteiger partial charge on any atom is 0.0455 e. The summed E-state index contributed by atoms with van der Waals surface area (Å²) in [5.74, 6) is 0.704. The zero-order chi connectivity index (χ0) is 10.4. The molecule has 1 saturated carbocycles. The molecule has 2 aliphatic rings. The second-order valence-corrected chi connectivity index (χ2v) is 6.55. The van der Waals surface area contributed by atoms with Gasteiger partial charge in [-0.3, -0.25) is 0 Å². The normalized spacial score (nSPS) is 33.1. The zero-order valence-corrected chi connectivity index (χ0v) is 11.5. The Hall–Kier alpha value is -0.0200. The van der Waals surface area contributed by atoms with Gasteiger partial charge in [0.1, 0.15) is 0 Å². The fourth-order valence-electron chi connectivity index (χ4n) is 2.84. The van der Waals surface area contributed by atoms with E-state index in [1.165, 1.54) is 35.0 Å². The first-order chi connectivity index (χ1) is 7.25. The summed E-state index contributed by atoms with van der Waals surface area (Å²) in [4.78, 5) is 0.627. The minimum atomic E-state index is 0.600. The maximum atomic E-state index is 3.80. The highest BCUT2D eigenvalue weighted by Crippen LogP contribution is 2.46. The molecule has 3 atom stereocenters. The number of alkyl halides is 1. The summed E-state index contributed by atoms with van der Waals surface area (Å²) >= 11 is 7.36. The number of rotatable bonds is 0. The Balaban J connectivity index is 2.01. The molecule has 80 valence electrons. The fraction of sp³-hybridized carbons (Fsp3) is 0.500. The molecule has 0 aromatic heterocycles. The Labute approximate surface area is 107 Å². The van der Waals surface area contributed by atoms with E-state index >= 15 is 0 Å². The van der Waals surface area contributed by atoms with Gasteiger partial charge in [0.2, 0.25) is 0 Å². The van der Waals surface area contributed by atoms with E-state index < -0.39 is 0 Å². The quantitative estimate of drug-likeness (QED) is 0.700. The smallest absolute Gasteiger partial charge is 0.0455 e. The summed E-state index contributed by atoms with van der Waals surface area (Å²) in [6.45, 7) is 0. The van der Waals surface area contributed by atoms with Crippen LogP contribution in [0.1, 0.15) is 30.7 Å². The van der Waals surface area contributed by atoms with Crippen LogP contribution in [0, 0.1) is 0 Å². The van der Waals surface area contributed by atoms with E-state index in [0.717, 1.165) is 0 Å². The third kappa shape index (κ3) is 1.64. The van der Waals surface area contributed by atoms with Gasteiger partial charge in [-0.25, -0.2) is 0 Å². The molecule has 1 nitrogen and oxygen atoms in total. The van der Waals surface area contributed by atoms with Gasteiger partial charge in [-0.15, -0.1) is 0 Å². The van der Waals surface area contributed by atoms with Gasteiger partial charge in [-0.2, -0.15) is 0 Å². The molecule has 1 fully saturated rings. The van der Waals surface area contributed by atoms with Gasteiger partial charge in [0, 0.05) is 26.9 Å². The van der Waals surface area contributed by atoms with Crippen molar-refractivity contribution in [2.45, 2.75) is 36.0 Å². The number of nitrogens with one attached hydrogen (secondary N) is 1. The van der Waals surface area contributed by atoms with Crippen molar-refractivity contribution in [1.82, 2.24) is 0 Å². The Morgan fingerprint density at radius 3 is 3.00 bits per heavy atom. The molecule has 3 rings (SSSR count). The van der Waals surface area contributed by atoms with E-state index in [1.807, 2.05) is 0 Å². The van der Waals surface area contributed by atoms with Crippen LogP contribution in [0.25, 0.3) is 0 Å². The first-order valence-corrected chi connectivity index (χ1v) is 7.16. The topological polar surface area (TPSA) is 12.0 Å². The van der Waals surface area contributed by atoms with E-state index in [-0.39, 0.29) is 0 Å². The van der Waals surface area contributed by atoms with Gasteiger partial charge in [0.05, 0.1) is 0 Å². The molecule has 3 heteroatoms. The Bertz CT molecular complexity index is 391. The average molecular weight is 331 g/mol. The molecule has 1 heterocycles. The second-order valence-electron chi connectivity index (χ2n) is 4.46. The monoisotopic (exact) mass is 329 g/mol. The van der Waals surface area contributed by atoms with Crippen molar-refractivity contribution in [3.8, 4) is 0 Å². The summed E-state index contributed by atoms with van der Waals surface area (Å²) in [5.41, 5.74) is 2.83. The third-order valence-corrected chi connectivity index (χ3v) is 5.07. The third-order valence-electron chi connectivity index (χ3n) is 3.55. The van der Waals surface area contributed by atoms with Crippen LogP contribution in [-0.2, 0) is 0 Å². The number of hydrogen-bond acceptors (Lipinski definition) is 1. The van der Waals surface area contributed by atoms with E-state index in [1.54, 1.807) is 0 Å². The number of hydrogen-bond donors (Lipinski definition) is 1. The van der Waals surface area contributed by atoms with Gasteiger partial charge in [0.25, 0.3) is 0 Å². The van der Waals surface area contributed by atoms with Crippen LogP contribution in [-0.4, -0.2) is 10.9 Å². The largest absolute Gasteiger partial charge is 0.380 e. The van der Waals surface area contributed by atoms with Crippen molar-refractivity contribution < 1.29 is 0 Å². The molecular formula is C12H13Br2N. The van der Waals surface area contributed by atoms with Crippen molar-refractivity contribution in [2.24, 2.45) is 0 Å². The highest BCUT2D eigenvalue weighted by Gasteiger charge is 2.38. The SMILES string of the molecule is Brc1ccc2c(c1)C1CCCC(Br)C1N2. The predicted octanol–water partition coefficient (Wildman–Crippen LogP) is 4.27. The molecule has 1 aliphatic carbocycles. The molecule has 0 saturated heterocycles. The molecule has 1 aliphatic heterocycles. The van der Waals surface area contributed by atoms with Crippen LogP contribution in [0.4, 0.5) is 5.69 Å². The molecule has 15 heavy (non-hydrogen) atoms. The fourth-order valence-corrected chi connectivity index (χ4v) is 4.04. The van der Waals surface area contributed by atoms with Gasteiger partial charge >= 0.3 is 0 Å². The summed E-state index contributed by atoms with van der Waals surface area (Å²) < 4.78 is 1.19. The molecule has 1 N–H and O–H groups in total. The molecule has 1 aromatic carbocycles. The van der Waals surface area contributed by atoms with E-state index in [4.69, 9.17) is 0 Å². The van der Waals surface area contributed by atoms with Crippen LogP contribution in [0.5, 0.6) is 0 Å². The van der Waals surface area contributed by atoms with Crippen molar-refractivity contribution >= 4 is 37.5 Å². The minimum absolute atomic E-state index is 0.600. The van der Waals surface area contributed by atoms with Crippen LogP contribution in [0.15, 0.2) is 22.7 Å². The standard InChI is InChI=1S/C12H13Br2N/c13-7-4-5-11-9(6-7)8-2-1-3-10(14)12(8)15-11/h4-6,8,10,12,15H,1-3H2. The van der Waals surface area contributed by atoms with Crippen LogP contribution >= 0.6 is 31.9 Å². The summed E-state index contributed by atoms with van der Waals surface area (Å²) in [6.07, 6.45) is 3.96. The van der Waals surface area contributed by atoms with Gasteiger partial charge < -0.3 is 5.32 Å². The minimum Gasteiger partial charge on any atom is -0.380 e. The van der Waals surface area contributed by atoms with Crippen molar-refractivity contribution in [1.29, 1.82) is 0 Å². The van der Waals surface area contributed by atoms with Crippen LogP contribution in [0.2, 0.25) is 0 Å². The number of anilines is 1.